The van der Waals surface area contributed by atoms with Gasteiger partial charge in [-0.3, -0.25) is 4.90 Å². The summed E-state index contributed by atoms with van der Waals surface area (Å²) in [6.45, 7) is 18.5. The predicted octanol–water partition coefficient (Wildman–Crippen LogP) is 5.65. The van der Waals surface area contributed by atoms with E-state index in [4.69, 9.17) is 4.74 Å². The first-order chi connectivity index (χ1) is 9.70. The summed E-state index contributed by atoms with van der Waals surface area (Å²) >= 11 is 0. The van der Waals surface area contributed by atoms with E-state index < -0.39 is 5.60 Å². The van der Waals surface area contributed by atoms with Crippen LogP contribution in [0.15, 0.2) is 35.7 Å². The van der Waals surface area contributed by atoms with Crippen molar-refractivity contribution in [2.45, 2.75) is 67.9 Å². The van der Waals surface area contributed by atoms with Crippen molar-refractivity contribution in [1.82, 2.24) is 4.90 Å². The molecule has 0 spiro atoms. The van der Waals surface area contributed by atoms with Gasteiger partial charge in [0.15, 0.2) is 0 Å². The molecule has 1 rings (SSSR count). The van der Waals surface area contributed by atoms with Crippen LogP contribution in [0.4, 0.5) is 4.79 Å². The van der Waals surface area contributed by atoms with E-state index in [1.54, 1.807) is 4.90 Å². The van der Waals surface area contributed by atoms with Gasteiger partial charge in [-0.25, -0.2) is 4.79 Å². The average Bonchev–Trinajstić information content (AvgIpc) is 2.47. The summed E-state index contributed by atoms with van der Waals surface area (Å²) in [5, 5.41) is 0. The zero-order valence-electron chi connectivity index (χ0n) is 15.6. The van der Waals surface area contributed by atoms with Crippen molar-refractivity contribution >= 4 is 6.09 Å². The van der Waals surface area contributed by atoms with Crippen LogP contribution in [0.25, 0.3) is 0 Å². The number of amides is 1. The minimum absolute atomic E-state index is 0.0437. The molecule has 3 nitrogen and oxygen atoms in total. The van der Waals surface area contributed by atoms with Crippen molar-refractivity contribution in [3.8, 4) is 0 Å². The van der Waals surface area contributed by atoms with Gasteiger partial charge in [0, 0.05) is 12.4 Å². The highest BCUT2D eigenvalue weighted by atomic mass is 16.6. The average molecular weight is 305 g/mol. The highest BCUT2D eigenvalue weighted by molar-refractivity contribution is 5.71. The number of nitrogens with zero attached hydrogens (tertiary/aromatic N) is 1. The summed E-state index contributed by atoms with van der Waals surface area (Å²) in [6, 6.07) is 0. The Morgan fingerprint density at radius 3 is 1.45 bits per heavy atom. The smallest absolute Gasteiger partial charge is 0.418 e. The molecule has 0 aromatic carbocycles. The van der Waals surface area contributed by atoms with Crippen molar-refractivity contribution in [1.29, 1.82) is 0 Å². The zero-order chi connectivity index (χ0) is 17.3. The molecule has 0 aromatic heterocycles. The molecule has 0 N–H and O–H groups in total. The molecule has 0 saturated carbocycles. The molecule has 124 valence electrons. The second kappa shape index (κ2) is 5.94. The quantitative estimate of drug-likeness (QED) is 0.578. The molecular weight excluding hydrogens is 274 g/mol. The molecule has 0 atom stereocenters. The van der Waals surface area contributed by atoms with Gasteiger partial charge in [-0.1, -0.05) is 53.7 Å². The Bertz CT molecular complexity index is 483. The number of carbonyl (C=O) groups is 1. The minimum Gasteiger partial charge on any atom is -0.443 e. The van der Waals surface area contributed by atoms with Gasteiger partial charge in [0.05, 0.1) is 0 Å². The highest BCUT2D eigenvalue weighted by Crippen LogP contribution is 2.33. The molecule has 0 radical (unpaired) electrons. The fraction of sp³-hybridized carbons (Fsp3) is 0.632. The summed E-state index contributed by atoms with van der Waals surface area (Å²) in [6.07, 6.45) is 7.61. The molecule has 1 amide bonds. The lowest BCUT2D eigenvalue weighted by Crippen LogP contribution is -2.31. The molecule has 22 heavy (non-hydrogen) atoms. The van der Waals surface area contributed by atoms with Crippen LogP contribution in [0.3, 0.4) is 0 Å². The van der Waals surface area contributed by atoms with Gasteiger partial charge in [-0.15, -0.1) is 0 Å². The van der Waals surface area contributed by atoms with E-state index in [-0.39, 0.29) is 16.9 Å². The lowest BCUT2D eigenvalue weighted by molar-refractivity contribution is 0.0396. The van der Waals surface area contributed by atoms with Gasteiger partial charge in [-0.05, 0) is 42.7 Å². The number of hydrogen-bond donors (Lipinski definition) is 0. The van der Waals surface area contributed by atoms with E-state index in [0.717, 1.165) is 11.1 Å². The van der Waals surface area contributed by atoms with Crippen LogP contribution in [-0.2, 0) is 4.74 Å². The molecule has 0 aliphatic carbocycles. The fourth-order valence-corrected chi connectivity index (χ4v) is 1.91. The van der Waals surface area contributed by atoms with E-state index in [2.05, 4.69) is 53.7 Å². The van der Waals surface area contributed by atoms with Crippen molar-refractivity contribution in [3.05, 3.63) is 35.7 Å². The summed E-state index contributed by atoms with van der Waals surface area (Å²) in [5.41, 5.74) is 1.58. The third-order valence-corrected chi connectivity index (χ3v) is 3.34. The number of hydrogen-bond acceptors (Lipinski definition) is 2. The Kier molecular flexibility index (Phi) is 5.01. The standard InChI is InChI=1S/C19H31NO2/c1-17(2,3)14-10-11-15(18(4,5)6)13-20(12-14)16(21)22-19(7,8)9/h10-13H,1-9H3. The third-order valence-electron chi connectivity index (χ3n) is 3.34. The first-order valence-electron chi connectivity index (χ1n) is 7.84. The van der Waals surface area contributed by atoms with Gasteiger partial charge in [-0.2, -0.15) is 0 Å². The maximum Gasteiger partial charge on any atom is 0.418 e. The summed E-state index contributed by atoms with van der Waals surface area (Å²) in [5.74, 6) is 0. The Hall–Kier alpha value is -1.51. The third kappa shape index (κ3) is 5.36. The molecule has 1 aliphatic rings. The SMILES string of the molecule is CC(C)(C)OC(=O)N1C=C(C(C)(C)C)C=CC(C(C)(C)C)=C1. The normalized spacial score (nSPS) is 16.9. The Labute approximate surface area is 135 Å². The molecule has 0 unspecified atom stereocenters. The highest BCUT2D eigenvalue weighted by Gasteiger charge is 2.26. The fourth-order valence-electron chi connectivity index (χ4n) is 1.91. The van der Waals surface area contributed by atoms with Crippen LogP contribution in [0.1, 0.15) is 62.3 Å². The Morgan fingerprint density at radius 1 is 0.818 bits per heavy atom. The molecule has 0 aromatic rings. The second-order valence-electron chi connectivity index (χ2n) is 8.89. The topological polar surface area (TPSA) is 29.5 Å². The molecule has 1 aliphatic heterocycles. The van der Waals surface area contributed by atoms with Crippen LogP contribution in [0.5, 0.6) is 0 Å². The van der Waals surface area contributed by atoms with E-state index in [1.165, 1.54) is 0 Å². The molecule has 0 saturated heterocycles. The van der Waals surface area contributed by atoms with Crippen LogP contribution < -0.4 is 0 Å². The van der Waals surface area contributed by atoms with Crippen LogP contribution in [0, 0.1) is 10.8 Å². The largest absolute Gasteiger partial charge is 0.443 e. The maximum atomic E-state index is 12.5. The van der Waals surface area contributed by atoms with Crippen molar-refractivity contribution in [3.63, 3.8) is 0 Å². The van der Waals surface area contributed by atoms with E-state index in [0.29, 0.717) is 0 Å². The lowest BCUT2D eigenvalue weighted by Gasteiger charge is -2.26. The number of allylic oxidation sites excluding steroid dienone is 4. The molecule has 3 heteroatoms. The molecular formula is C19H31NO2. The lowest BCUT2D eigenvalue weighted by atomic mass is 9.84. The molecule has 0 fully saturated rings. The van der Waals surface area contributed by atoms with Crippen LogP contribution >= 0.6 is 0 Å². The Morgan fingerprint density at radius 2 is 1.18 bits per heavy atom. The van der Waals surface area contributed by atoms with Crippen molar-refractivity contribution in [2.24, 2.45) is 10.8 Å². The zero-order valence-corrected chi connectivity index (χ0v) is 15.6. The second-order valence-corrected chi connectivity index (χ2v) is 8.89. The van der Waals surface area contributed by atoms with Crippen LogP contribution in [-0.4, -0.2) is 16.6 Å². The Balaban J connectivity index is 3.26. The van der Waals surface area contributed by atoms with Crippen molar-refractivity contribution in [2.75, 3.05) is 0 Å². The van der Waals surface area contributed by atoms with Gasteiger partial charge >= 0.3 is 6.09 Å². The summed E-state index contributed by atoms with van der Waals surface area (Å²) < 4.78 is 5.52. The van der Waals surface area contributed by atoms with Crippen molar-refractivity contribution < 1.29 is 9.53 Å². The monoisotopic (exact) mass is 305 g/mol. The first-order valence-corrected chi connectivity index (χ1v) is 7.84. The predicted molar refractivity (Wildman–Crippen MR) is 92.3 cm³/mol. The van der Waals surface area contributed by atoms with E-state index in [1.807, 2.05) is 33.2 Å². The number of rotatable bonds is 0. The van der Waals surface area contributed by atoms with Gasteiger partial charge in [0.2, 0.25) is 0 Å². The van der Waals surface area contributed by atoms with E-state index >= 15 is 0 Å². The minimum atomic E-state index is -0.512. The maximum absolute atomic E-state index is 12.5. The van der Waals surface area contributed by atoms with Gasteiger partial charge in [0.1, 0.15) is 5.60 Å². The van der Waals surface area contributed by atoms with E-state index in [9.17, 15) is 4.79 Å². The van der Waals surface area contributed by atoms with Gasteiger partial charge < -0.3 is 4.74 Å². The number of ether oxygens (including phenoxy) is 1. The molecule has 1 heterocycles. The van der Waals surface area contributed by atoms with Crippen LogP contribution in [0.2, 0.25) is 0 Å². The number of carbonyl (C=O) groups excluding carboxylic acids is 1. The first kappa shape index (κ1) is 18.5. The summed E-state index contributed by atoms with van der Waals surface area (Å²) in [4.78, 5) is 14.1. The van der Waals surface area contributed by atoms with Gasteiger partial charge in [0.25, 0.3) is 0 Å². The molecule has 0 bridgehead atoms. The summed E-state index contributed by atoms with van der Waals surface area (Å²) in [7, 11) is 0.